The van der Waals surface area contributed by atoms with Crippen LogP contribution in [0.25, 0.3) is 0 Å². The van der Waals surface area contributed by atoms with Crippen LogP contribution in [0.1, 0.15) is 39.0 Å². The minimum Gasteiger partial charge on any atom is -0.465 e. The molecule has 0 spiro atoms. The highest BCUT2D eigenvalue weighted by Crippen LogP contribution is 2.54. The van der Waals surface area contributed by atoms with E-state index in [1.165, 1.54) is 19.3 Å². The summed E-state index contributed by atoms with van der Waals surface area (Å²) in [5.74, 6) is 1.35. The van der Waals surface area contributed by atoms with Crippen LogP contribution in [-0.4, -0.2) is 49.2 Å². The summed E-state index contributed by atoms with van der Waals surface area (Å²) in [6.45, 7) is 6.52. The molecule has 19 heavy (non-hydrogen) atoms. The molecule has 3 rings (SSSR count). The molecule has 3 unspecified atom stereocenters. The summed E-state index contributed by atoms with van der Waals surface area (Å²) in [5, 5.41) is 3.44. The van der Waals surface area contributed by atoms with Crippen molar-refractivity contribution in [3.8, 4) is 0 Å². The summed E-state index contributed by atoms with van der Waals surface area (Å²) in [4.78, 5) is 15.1. The second-order valence-corrected chi connectivity index (χ2v) is 6.32. The molecule has 4 heteroatoms. The Hall–Kier alpha value is -0.610. The van der Waals surface area contributed by atoms with Crippen LogP contribution in [0.5, 0.6) is 0 Å². The molecule has 2 saturated carbocycles. The predicted octanol–water partition coefficient (Wildman–Crippen LogP) is 1.40. The van der Waals surface area contributed by atoms with Crippen molar-refractivity contribution < 1.29 is 9.53 Å². The molecule has 4 nitrogen and oxygen atoms in total. The number of nitrogens with zero attached hydrogens (tertiary/aromatic N) is 1. The van der Waals surface area contributed by atoms with Gasteiger partial charge in [-0.2, -0.15) is 0 Å². The van der Waals surface area contributed by atoms with E-state index in [0.29, 0.717) is 12.5 Å². The largest absolute Gasteiger partial charge is 0.465 e. The summed E-state index contributed by atoms with van der Waals surface area (Å²) in [6.07, 6.45) is 5.95. The molecule has 0 radical (unpaired) electrons. The van der Waals surface area contributed by atoms with Gasteiger partial charge in [-0.1, -0.05) is 6.42 Å². The van der Waals surface area contributed by atoms with Crippen LogP contribution in [0.2, 0.25) is 0 Å². The number of rotatable bonds is 3. The topological polar surface area (TPSA) is 41.6 Å². The lowest BCUT2D eigenvalue weighted by Crippen LogP contribution is -2.59. The average Bonchev–Trinajstić information content (AvgIpc) is 2.91. The van der Waals surface area contributed by atoms with Gasteiger partial charge in [0.05, 0.1) is 6.61 Å². The van der Waals surface area contributed by atoms with Gasteiger partial charge >= 0.3 is 5.97 Å². The number of fused-ring (bicyclic) bond motifs is 2. The molecule has 1 heterocycles. The smallest absolute Gasteiger partial charge is 0.326 e. The van der Waals surface area contributed by atoms with Crippen LogP contribution in [-0.2, 0) is 9.53 Å². The Morgan fingerprint density at radius 1 is 1.37 bits per heavy atom. The van der Waals surface area contributed by atoms with Gasteiger partial charge in [0.25, 0.3) is 0 Å². The summed E-state index contributed by atoms with van der Waals surface area (Å²) in [6, 6.07) is 0. The van der Waals surface area contributed by atoms with Crippen LogP contribution in [0.4, 0.5) is 0 Å². The van der Waals surface area contributed by atoms with Crippen LogP contribution >= 0.6 is 0 Å². The maximum absolute atomic E-state index is 12.7. The van der Waals surface area contributed by atoms with Gasteiger partial charge in [0.1, 0.15) is 5.54 Å². The maximum Gasteiger partial charge on any atom is 0.326 e. The normalized spacial score (nSPS) is 39.2. The predicted molar refractivity (Wildman–Crippen MR) is 73.9 cm³/mol. The van der Waals surface area contributed by atoms with Crippen molar-refractivity contribution in [3.63, 3.8) is 0 Å². The lowest BCUT2D eigenvalue weighted by molar-refractivity contribution is -0.162. The minimum absolute atomic E-state index is 0.0594. The summed E-state index contributed by atoms with van der Waals surface area (Å²) < 4.78 is 5.47. The van der Waals surface area contributed by atoms with Gasteiger partial charge in [-0.15, -0.1) is 0 Å². The van der Waals surface area contributed by atoms with Gasteiger partial charge in [0.2, 0.25) is 0 Å². The van der Waals surface area contributed by atoms with Crippen LogP contribution in [0, 0.1) is 11.8 Å². The van der Waals surface area contributed by atoms with Crippen molar-refractivity contribution in [2.45, 2.75) is 44.6 Å². The van der Waals surface area contributed by atoms with E-state index in [1.807, 2.05) is 6.92 Å². The molecule has 2 aliphatic carbocycles. The highest BCUT2D eigenvalue weighted by Gasteiger charge is 2.59. The second kappa shape index (κ2) is 5.41. The lowest BCUT2D eigenvalue weighted by Gasteiger charge is -2.44. The molecule has 0 aromatic carbocycles. The highest BCUT2D eigenvalue weighted by molar-refractivity contribution is 5.82. The summed E-state index contributed by atoms with van der Waals surface area (Å²) in [7, 11) is 0. The minimum atomic E-state index is -0.287. The molecule has 3 fully saturated rings. The Balaban J connectivity index is 1.85. The molecular formula is C15H26N2O2. The van der Waals surface area contributed by atoms with Gasteiger partial charge in [-0.25, -0.2) is 0 Å². The third kappa shape index (κ3) is 2.19. The van der Waals surface area contributed by atoms with Crippen molar-refractivity contribution in [2.24, 2.45) is 11.8 Å². The number of nitrogens with one attached hydrogen (secondary N) is 1. The number of hydrogen-bond donors (Lipinski definition) is 1. The highest BCUT2D eigenvalue weighted by atomic mass is 16.5. The van der Waals surface area contributed by atoms with E-state index in [4.69, 9.17) is 4.74 Å². The van der Waals surface area contributed by atoms with Gasteiger partial charge in [-0.05, 0) is 51.0 Å². The van der Waals surface area contributed by atoms with E-state index in [-0.39, 0.29) is 11.5 Å². The molecule has 3 aliphatic rings. The van der Waals surface area contributed by atoms with Crippen molar-refractivity contribution in [1.29, 1.82) is 0 Å². The second-order valence-electron chi connectivity index (χ2n) is 6.32. The maximum atomic E-state index is 12.7. The number of ether oxygens (including phenoxy) is 1. The van der Waals surface area contributed by atoms with Crippen molar-refractivity contribution in [1.82, 2.24) is 10.2 Å². The molecule has 3 atom stereocenters. The summed E-state index contributed by atoms with van der Waals surface area (Å²) in [5.41, 5.74) is -0.287. The molecule has 1 saturated heterocycles. The van der Waals surface area contributed by atoms with Crippen LogP contribution < -0.4 is 5.32 Å². The first-order valence-corrected chi connectivity index (χ1v) is 7.90. The molecule has 2 bridgehead atoms. The third-order valence-electron chi connectivity index (χ3n) is 5.35. The van der Waals surface area contributed by atoms with E-state index in [0.717, 1.165) is 44.9 Å². The van der Waals surface area contributed by atoms with Gasteiger partial charge in [0, 0.05) is 19.6 Å². The molecule has 1 N–H and O–H groups in total. The van der Waals surface area contributed by atoms with E-state index in [9.17, 15) is 4.79 Å². The molecule has 0 aromatic heterocycles. The Morgan fingerprint density at radius 2 is 2.26 bits per heavy atom. The van der Waals surface area contributed by atoms with Gasteiger partial charge < -0.3 is 10.1 Å². The first-order chi connectivity index (χ1) is 9.27. The van der Waals surface area contributed by atoms with E-state index >= 15 is 0 Å². The molecule has 108 valence electrons. The number of hydrogen-bond acceptors (Lipinski definition) is 4. The molecular weight excluding hydrogens is 240 g/mol. The number of esters is 1. The Kier molecular flexibility index (Phi) is 3.81. The molecule has 0 aromatic rings. The van der Waals surface area contributed by atoms with E-state index in [2.05, 4.69) is 10.2 Å². The summed E-state index contributed by atoms with van der Waals surface area (Å²) >= 11 is 0. The SMILES string of the molecule is CCOC(=O)C1(N2CCCNCC2)CC2CCC1C2. The van der Waals surface area contributed by atoms with Crippen LogP contribution in [0.3, 0.4) is 0 Å². The van der Waals surface area contributed by atoms with Crippen LogP contribution in [0.15, 0.2) is 0 Å². The number of carbonyl (C=O) groups excluding carboxylic acids is 1. The van der Waals surface area contributed by atoms with Gasteiger partial charge in [0.15, 0.2) is 0 Å². The van der Waals surface area contributed by atoms with E-state index < -0.39 is 0 Å². The lowest BCUT2D eigenvalue weighted by atomic mass is 9.79. The van der Waals surface area contributed by atoms with Gasteiger partial charge in [-0.3, -0.25) is 9.69 Å². The Labute approximate surface area is 115 Å². The van der Waals surface area contributed by atoms with Crippen molar-refractivity contribution in [2.75, 3.05) is 32.8 Å². The van der Waals surface area contributed by atoms with Crippen molar-refractivity contribution >= 4 is 5.97 Å². The number of carbonyl (C=O) groups is 1. The monoisotopic (exact) mass is 266 g/mol. The standard InChI is InChI=1S/C15H26N2O2/c1-2-19-14(18)15(11-12-4-5-13(15)10-12)17-8-3-6-16-7-9-17/h12-13,16H,2-11H2,1H3. The first kappa shape index (κ1) is 13.4. The fourth-order valence-electron chi connectivity index (χ4n) is 4.57. The Bertz CT molecular complexity index is 339. The molecule has 1 aliphatic heterocycles. The average molecular weight is 266 g/mol. The van der Waals surface area contributed by atoms with Crippen molar-refractivity contribution in [3.05, 3.63) is 0 Å². The first-order valence-electron chi connectivity index (χ1n) is 7.90. The third-order valence-corrected chi connectivity index (χ3v) is 5.35. The quantitative estimate of drug-likeness (QED) is 0.784. The zero-order valence-corrected chi connectivity index (χ0v) is 12.0. The Morgan fingerprint density at radius 3 is 2.95 bits per heavy atom. The van der Waals surface area contributed by atoms with E-state index in [1.54, 1.807) is 0 Å². The fraction of sp³-hybridized carbons (Fsp3) is 0.933. The molecule has 0 amide bonds. The fourth-order valence-corrected chi connectivity index (χ4v) is 4.57. The zero-order chi connectivity index (χ0) is 13.3. The zero-order valence-electron chi connectivity index (χ0n) is 12.0.